The molecule has 0 saturated carbocycles. The summed E-state index contributed by atoms with van der Waals surface area (Å²) in [6.45, 7) is 8.76. The number of hydrogen-bond donors (Lipinski definition) is 1. The first-order chi connectivity index (χ1) is 8.70. The third kappa shape index (κ3) is 2.55. The van der Waals surface area contributed by atoms with Crippen LogP contribution in [-0.2, 0) is 6.54 Å². The van der Waals surface area contributed by atoms with Gasteiger partial charge in [-0.2, -0.15) is 0 Å². The van der Waals surface area contributed by atoms with E-state index in [1.807, 2.05) is 0 Å². The number of nitrogens with zero attached hydrogens (tertiary/aromatic N) is 2. The van der Waals surface area contributed by atoms with Gasteiger partial charge in [0.15, 0.2) is 0 Å². The fraction of sp³-hybridized carbons (Fsp3) is 0.500. The average Bonchev–Trinajstić information content (AvgIpc) is 2.68. The molecule has 1 aliphatic rings. The molecule has 0 amide bonds. The van der Waals surface area contributed by atoms with E-state index < -0.39 is 0 Å². The molecular weight excluding hydrogens is 242 g/mol. The first-order valence-corrected chi connectivity index (χ1v) is 7.34. The molecule has 1 saturated heterocycles. The van der Waals surface area contributed by atoms with Crippen molar-refractivity contribution in [3.05, 3.63) is 28.8 Å². The zero-order chi connectivity index (χ0) is 12.5. The molecule has 4 heteroatoms. The lowest BCUT2D eigenvalue weighted by Crippen LogP contribution is -2.48. The summed E-state index contributed by atoms with van der Waals surface area (Å²) in [4.78, 5) is 7.03. The Balaban J connectivity index is 1.77. The predicted molar refractivity (Wildman–Crippen MR) is 77.1 cm³/mol. The van der Waals surface area contributed by atoms with Crippen LogP contribution in [0.5, 0.6) is 0 Å². The number of rotatable bonds is 2. The van der Waals surface area contributed by atoms with E-state index in [1.165, 1.54) is 10.3 Å². The smallest absolute Gasteiger partial charge is 0.0907 e. The van der Waals surface area contributed by atoms with Gasteiger partial charge in [0.1, 0.15) is 0 Å². The number of benzene rings is 1. The van der Waals surface area contributed by atoms with Crippen LogP contribution in [0.15, 0.2) is 18.2 Å². The quantitative estimate of drug-likeness (QED) is 0.900. The summed E-state index contributed by atoms with van der Waals surface area (Å²) in [6.07, 6.45) is 0. The van der Waals surface area contributed by atoms with Gasteiger partial charge >= 0.3 is 0 Å². The Morgan fingerprint density at radius 3 is 3.22 bits per heavy atom. The number of aromatic nitrogens is 1. The highest BCUT2D eigenvalue weighted by Gasteiger charge is 2.15. The Kier molecular flexibility index (Phi) is 3.33. The molecule has 1 N–H and O–H groups in total. The number of piperazine rings is 1. The molecule has 0 radical (unpaired) electrons. The molecule has 1 aliphatic heterocycles. The third-order valence-corrected chi connectivity index (χ3v) is 4.35. The van der Waals surface area contributed by atoms with Gasteiger partial charge in [0.2, 0.25) is 0 Å². The van der Waals surface area contributed by atoms with Crippen molar-refractivity contribution in [2.75, 3.05) is 19.6 Å². The van der Waals surface area contributed by atoms with Crippen LogP contribution in [0.3, 0.4) is 0 Å². The molecule has 0 spiro atoms. The van der Waals surface area contributed by atoms with Crippen LogP contribution < -0.4 is 5.32 Å². The van der Waals surface area contributed by atoms with E-state index in [-0.39, 0.29) is 0 Å². The van der Waals surface area contributed by atoms with E-state index in [2.05, 4.69) is 47.2 Å². The highest BCUT2D eigenvalue weighted by molar-refractivity contribution is 7.18. The summed E-state index contributed by atoms with van der Waals surface area (Å²) in [5, 5.41) is 4.63. The van der Waals surface area contributed by atoms with Crippen LogP contribution in [-0.4, -0.2) is 35.6 Å². The van der Waals surface area contributed by atoms with Crippen molar-refractivity contribution >= 4 is 21.6 Å². The fourth-order valence-electron chi connectivity index (χ4n) is 2.60. The van der Waals surface area contributed by atoms with Crippen LogP contribution >= 0.6 is 11.3 Å². The molecule has 3 nitrogen and oxygen atoms in total. The first-order valence-electron chi connectivity index (χ1n) is 6.52. The molecule has 0 unspecified atom stereocenters. The molecule has 1 atom stereocenters. The molecular formula is C14H19N3S. The minimum Gasteiger partial charge on any atom is -0.312 e. The van der Waals surface area contributed by atoms with Gasteiger partial charge in [0.05, 0.1) is 15.2 Å². The normalized spacial score (nSPS) is 21.6. The molecule has 1 aromatic heterocycles. The minimum absolute atomic E-state index is 0.605. The Bertz CT molecular complexity index is 549. The van der Waals surface area contributed by atoms with Gasteiger partial charge in [0, 0.05) is 32.2 Å². The fourth-order valence-corrected chi connectivity index (χ4v) is 3.49. The van der Waals surface area contributed by atoms with Gasteiger partial charge in [-0.15, -0.1) is 11.3 Å². The van der Waals surface area contributed by atoms with Gasteiger partial charge in [-0.1, -0.05) is 6.07 Å². The van der Waals surface area contributed by atoms with Crippen LogP contribution in [0, 0.1) is 6.92 Å². The zero-order valence-electron chi connectivity index (χ0n) is 10.9. The molecule has 2 aromatic rings. The zero-order valence-corrected chi connectivity index (χ0v) is 11.8. The lowest BCUT2D eigenvalue weighted by molar-refractivity contribution is 0.200. The first kappa shape index (κ1) is 12.1. The molecule has 3 rings (SSSR count). The van der Waals surface area contributed by atoms with Gasteiger partial charge in [-0.3, -0.25) is 4.90 Å². The second-order valence-corrected chi connectivity index (χ2v) is 6.36. The van der Waals surface area contributed by atoms with Crippen LogP contribution in [0.25, 0.3) is 10.2 Å². The van der Waals surface area contributed by atoms with E-state index in [0.717, 1.165) is 36.7 Å². The summed E-state index contributed by atoms with van der Waals surface area (Å²) in [5.41, 5.74) is 2.54. The van der Waals surface area contributed by atoms with Gasteiger partial charge < -0.3 is 5.32 Å². The largest absolute Gasteiger partial charge is 0.312 e. The number of hydrogen-bond acceptors (Lipinski definition) is 4. The molecule has 2 heterocycles. The second kappa shape index (κ2) is 4.96. The lowest BCUT2D eigenvalue weighted by atomic mass is 10.1. The standard InChI is InChI=1S/C14H19N3S/c1-10-8-17(6-5-15-10)9-12-3-4-13-14(7-12)18-11(2)16-13/h3-4,7,10,15H,5-6,8-9H2,1-2H3/t10-/m1/s1. The highest BCUT2D eigenvalue weighted by Crippen LogP contribution is 2.23. The van der Waals surface area contributed by atoms with Crippen LogP contribution in [0.1, 0.15) is 17.5 Å². The number of nitrogens with one attached hydrogen (secondary N) is 1. The Labute approximate surface area is 112 Å². The summed E-state index contributed by atoms with van der Waals surface area (Å²) in [6, 6.07) is 7.27. The maximum atomic E-state index is 4.51. The molecule has 1 aromatic carbocycles. The van der Waals surface area contributed by atoms with Crippen LogP contribution in [0.4, 0.5) is 0 Å². The number of fused-ring (bicyclic) bond motifs is 1. The monoisotopic (exact) mass is 261 g/mol. The van der Waals surface area contributed by atoms with Gasteiger partial charge in [-0.05, 0) is 31.5 Å². The summed E-state index contributed by atoms with van der Waals surface area (Å²) < 4.78 is 1.31. The van der Waals surface area contributed by atoms with Crippen molar-refractivity contribution in [1.29, 1.82) is 0 Å². The Morgan fingerprint density at radius 1 is 1.50 bits per heavy atom. The average molecular weight is 261 g/mol. The van der Waals surface area contributed by atoms with E-state index in [4.69, 9.17) is 0 Å². The maximum Gasteiger partial charge on any atom is 0.0907 e. The van der Waals surface area contributed by atoms with E-state index in [1.54, 1.807) is 11.3 Å². The molecule has 18 heavy (non-hydrogen) atoms. The van der Waals surface area contributed by atoms with Crippen molar-refractivity contribution < 1.29 is 0 Å². The Hall–Kier alpha value is -0.970. The van der Waals surface area contributed by atoms with Gasteiger partial charge in [0.25, 0.3) is 0 Å². The van der Waals surface area contributed by atoms with E-state index in [0.29, 0.717) is 6.04 Å². The molecule has 1 fully saturated rings. The number of aryl methyl sites for hydroxylation is 1. The van der Waals surface area contributed by atoms with E-state index >= 15 is 0 Å². The van der Waals surface area contributed by atoms with Gasteiger partial charge in [-0.25, -0.2) is 4.98 Å². The Morgan fingerprint density at radius 2 is 2.39 bits per heavy atom. The predicted octanol–water partition coefficient (Wildman–Crippen LogP) is 2.40. The SMILES string of the molecule is Cc1nc2ccc(CN3CCN[C@H](C)C3)cc2s1. The van der Waals surface area contributed by atoms with Crippen molar-refractivity contribution in [3.63, 3.8) is 0 Å². The molecule has 0 aliphatic carbocycles. The minimum atomic E-state index is 0.605. The second-order valence-electron chi connectivity index (χ2n) is 5.13. The summed E-state index contributed by atoms with van der Waals surface area (Å²) in [5.74, 6) is 0. The van der Waals surface area contributed by atoms with Crippen molar-refractivity contribution in [2.45, 2.75) is 26.4 Å². The topological polar surface area (TPSA) is 28.2 Å². The number of thiazole rings is 1. The van der Waals surface area contributed by atoms with Crippen molar-refractivity contribution in [2.24, 2.45) is 0 Å². The third-order valence-electron chi connectivity index (χ3n) is 3.42. The van der Waals surface area contributed by atoms with Crippen molar-refractivity contribution in [1.82, 2.24) is 15.2 Å². The molecule has 96 valence electrons. The van der Waals surface area contributed by atoms with Crippen molar-refractivity contribution in [3.8, 4) is 0 Å². The van der Waals surface area contributed by atoms with E-state index in [9.17, 15) is 0 Å². The lowest BCUT2D eigenvalue weighted by Gasteiger charge is -2.31. The maximum absolute atomic E-state index is 4.51. The summed E-state index contributed by atoms with van der Waals surface area (Å²) >= 11 is 1.79. The highest BCUT2D eigenvalue weighted by atomic mass is 32.1. The molecule has 0 bridgehead atoms. The van der Waals surface area contributed by atoms with Crippen LogP contribution in [0.2, 0.25) is 0 Å². The summed E-state index contributed by atoms with van der Waals surface area (Å²) in [7, 11) is 0.